The van der Waals surface area contributed by atoms with Gasteiger partial charge in [-0.3, -0.25) is 0 Å². The second-order valence-corrected chi connectivity index (χ2v) is 14.1. The minimum absolute atomic E-state index is 0.542. The van der Waals surface area contributed by atoms with Crippen LogP contribution in [0, 0.1) is 0 Å². The van der Waals surface area contributed by atoms with E-state index < -0.39 is 5.41 Å². The molecule has 0 bridgehead atoms. The molecule has 0 N–H and O–H groups in total. The van der Waals surface area contributed by atoms with Gasteiger partial charge in [0.15, 0.2) is 0 Å². The molecule has 54 heavy (non-hydrogen) atoms. The predicted molar refractivity (Wildman–Crippen MR) is 221 cm³/mol. The first kappa shape index (κ1) is 30.5. The molecule has 0 fully saturated rings. The average molecular weight is 688 g/mol. The van der Waals surface area contributed by atoms with Crippen molar-refractivity contribution in [3.05, 3.63) is 222 Å². The first-order chi connectivity index (χ1) is 26.8. The van der Waals surface area contributed by atoms with Gasteiger partial charge in [-0.1, -0.05) is 146 Å². The van der Waals surface area contributed by atoms with E-state index in [9.17, 15) is 0 Å². The van der Waals surface area contributed by atoms with E-state index in [2.05, 4.69) is 181 Å². The van der Waals surface area contributed by atoms with Crippen molar-refractivity contribution in [3.63, 3.8) is 0 Å². The van der Waals surface area contributed by atoms with Gasteiger partial charge in [-0.25, -0.2) is 9.97 Å². The number of hydrogen-bond donors (Lipinski definition) is 0. The summed E-state index contributed by atoms with van der Waals surface area (Å²) in [6, 6.07) is 72.0. The van der Waals surface area contributed by atoms with Crippen molar-refractivity contribution in [3.8, 4) is 44.8 Å². The summed E-state index contributed by atoms with van der Waals surface area (Å²) in [6.45, 7) is 0. The monoisotopic (exact) mass is 687 g/mol. The Morgan fingerprint density at radius 1 is 0.315 bits per heavy atom. The van der Waals surface area contributed by atoms with Gasteiger partial charge in [0.2, 0.25) is 0 Å². The van der Waals surface area contributed by atoms with Gasteiger partial charge in [-0.15, -0.1) is 0 Å². The number of para-hydroxylation sites is 4. The van der Waals surface area contributed by atoms with Gasteiger partial charge in [0.1, 0.15) is 0 Å². The fraction of sp³-hybridized carbons (Fsp3) is 0.0196. The molecule has 0 unspecified atom stereocenters. The van der Waals surface area contributed by atoms with Crippen molar-refractivity contribution in [2.75, 3.05) is 4.90 Å². The third kappa shape index (κ3) is 4.42. The van der Waals surface area contributed by atoms with E-state index in [-0.39, 0.29) is 0 Å². The van der Waals surface area contributed by atoms with E-state index in [1.54, 1.807) is 0 Å². The number of fused-ring (bicyclic) bond motifs is 11. The van der Waals surface area contributed by atoms with Crippen LogP contribution in [0.1, 0.15) is 22.3 Å². The quantitative estimate of drug-likeness (QED) is 0.180. The maximum absolute atomic E-state index is 5.34. The van der Waals surface area contributed by atoms with Crippen LogP contribution in [0.15, 0.2) is 200 Å². The Hall–Kier alpha value is -7.10. The van der Waals surface area contributed by atoms with Crippen molar-refractivity contribution in [2.24, 2.45) is 0 Å². The zero-order valence-electron chi connectivity index (χ0n) is 29.4. The smallest absolute Gasteiger partial charge is 0.0973 e. The molecule has 11 rings (SSSR count). The van der Waals surface area contributed by atoms with E-state index in [0.717, 1.165) is 50.6 Å². The molecule has 8 aromatic carbocycles. The molecule has 0 saturated heterocycles. The summed E-state index contributed by atoms with van der Waals surface area (Å²) in [4.78, 5) is 12.9. The van der Waals surface area contributed by atoms with Crippen LogP contribution < -0.4 is 4.90 Å². The van der Waals surface area contributed by atoms with E-state index in [0.29, 0.717) is 0 Å². The summed E-state index contributed by atoms with van der Waals surface area (Å²) >= 11 is 0. The van der Waals surface area contributed by atoms with Crippen molar-refractivity contribution in [1.29, 1.82) is 0 Å². The van der Waals surface area contributed by atoms with E-state index in [1.807, 2.05) is 24.3 Å². The summed E-state index contributed by atoms with van der Waals surface area (Å²) in [5.74, 6) is 0. The lowest BCUT2D eigenvalue weighted by atomic mass is 9.70. The molecule has 1 heterocycles. The molecule has 2 aliphatic rings. The number of anilines is 3. The van der Waals surface area contributed by atoms with Crippen LogP contribution in [0.4, 0.5) is 17.1 Å². The Morgan fingerprint density at radius 2 is 0.759 bits per heavy atom. The van der Waals surface area contributed by atoms with Crippen LogP contribution in [-0.4, -0.2) is 9.97 Å². The Bertz CT molecular complexity index is 2800. The highest BCUT2D eigenvalue weighted by atomic mass is 15.1. The van der Waals surface area contributed by atoms with Crippen molar-refractivity contribution < 1.29 is 0 Å². The summed E-state index contributed by atoms with van der Waals surface area (Å²) in [5, 5.41) is 0. The number of rotatable bonds is 5. The lowest BCUT2D eigenvalue weighted by molar-refractivity contribution is 0.794. The van der Waals surface area contributed by atoms with E-state index >= 15 is 0 Å². The zero-order valence-corrected chi connectivity index (χ0v) is 29.4. The lowest BCUT2D eigenvalue weighted by Crippen LogP contribution is -2.26. The highest BCUT2D eigenvalue weighted by molar-refractivity contribution is 5.98. The van der Waals surface area contributed by atoms with Crippen LogP contribution in [0.2, 0.25) is 0 Å². The SMILES string of the molecule is c1ccc(-c2nc3ccccc3nc2-c2ccc3c(c2)C2(c4ccccc4-c4ccccc42)c2cc(N(c4ccccc4)c4ccccc4)ccc2-3)cc1. The third-order valence-electron chi connectivity index (χ3n) is 11.3. The van der Waals surface area contributed by atoms with E-state index in [4.69, 9.17) is 9.97 Å². The Kier molecular flexibility index (Phi) is 6.77. The van der Waals surface area contributed by atoms with Crippen LogP contribution in [0.25, 0.3) is 55.8 Å². The second kappa shape index (κ2) is 12.0. The Labute approximate surface area is 314 Å². The molecule has 3 heteroatoms. The van der Waals surface area contributed by atoms with Crippen molar-refractivity contribution in [2.45, 2.75) is 5.41 Å². The third-order valence-corrected chi connectivity index (χ3v) is 11.3. The molecule has 9 aromatic rings. The second-order valence-electron chi connectivity index (χ2n) is 14.1. The van der Waals surface area contributed by atoms with Gasteiger partial charge in [0.25, 0.3) is 0 Å². The Balaban J connectivity index is 1.20. The van der Waals surface area contributed by atoms with Gasteiger partial charge in [-0.05, 0) is 99.1 Å². The van der Waals surface area contributed by atoms with Gasteiger partial charge in [-0.2, -0.15) is 0 Å². The molecule has 1 aromatic heterocycles. The largest absolute Gasteiger partial charge is 0.310 e. The summed E-state index contributed by atoms with van der Waals surface area (Å²) in [6.07, 6.45) is 0. The maximum atomic E-state index is 5.34. The topological polar surface area (TPSA) is 29.0 Å². The van der Waals surface area contributed by atoms with E-state index in [1.165, 1.54) is 44.5 Å². The minimum atomic E-state index is -0.542. The van der Waals surface area contributed by atoms with Crippen LogP contribution in [-0.2, 0) is 5.41 Å². The molecule has 3 nitrogen and oxygen atoms in total. The van der Waals surface area contributed by atoms with Crippen LogP contribution >= 0.6 is 0 Å². The highest BCUT2D eigenvalue weighted by Gasteiger charge is 2.52. The Morgan fingerprint density at radius 3 is 1.35 bits per heavy atom. The standard InChI is InChI=1S/C51H33N3/c1-4-16-34(17-5-1)49-50(53-48-27-15-14-26-47(48)52-49)35-28-30-41-42-31-29-38(54(36-18-6-2-7-19-36)37-20-8-3-9-21-37)33-46(42)51(45(41)32-35)43-24-12-10-22-39(43)40-23-11-13-25-44(40)51/h1-33H. The molecule has 0 amide bonds. The molecule has 252 valence electrons. The summed E-state index contributed by atoms with van der Waals surface area (Å²) in [5.41, 5.74) is 18.7. The first-order valence-corrected chi connectivity index (χ1v) is 18.5. The lowest BCUT2D eigenvalue weighted by Gasteiger charge is -2.32. The highest BCUT2D eigenvalue weighted by Crippen LogP contribution is 2.63. The zero-order chi connectivity index (χ0) is 35.6. The minimum Gasteiger partial charge on any atom is -0.310 e. The van der Waals surface area contributed by atoms with Crippen molar-refractivity contribution >= 4 is 28.1 Å². The van der Waals surface area contributed by atoms with Gasteiger partial charge in [0.05, 0.1) is 27.8 Å². The van der Waals surface area contributed by atoms with Crippen LogP contribution in [0.5, 0.6) is 0 Å². The van der Waals surface area contributed by atoms with Gasteiger partial charge < -0.3 is 4.90 Å². The van der Waals surface area contributed by atoms with Gasteiger partial charge >= 0.3 is 0 Å². The molecular formula is C51H33N3. The normalized spacial score (nSPS) is 13.0. The number of benzene rings is 8. The first-order valence-electron chi connectivity index (χ1n) is 18.5. The summed E-state index contributed by atoms with van der Waals surface area (Å²) < 4.78 is 0. The number of hydrogen-bond acceptors (Lipinski definition) is 3. The van der Waals surface area contributed by atoms with Gasteiger partial charge in [0, 0.05) is 28.2 Å². The average Bonchev–Trinajstić information content (AvgIpc) is 3.71. The molecule has 1 spiro atoms. The molecule has 0 saturated carbocycles. The fourth-order valence-electron chi connectivity index (χ4n) is 9.01. The molecule has 2 aliphatic carbocycles. The molecule has 0 aliphatic heterocycles. The van der Waals surface area contributed by atoms with Crippen LogP contribution in [0.3, 0.4) is 0 Å². The fourth-order valence-corrected chi connectivity index (χ4v) is 9.01. The molecule has 0 radical (unpaired) electrons. The number of nitrogens with zero attached hydrogens (tertiary/aromatic N) is 3. The summed E-state index contributed by atoms with van der Waals surface area (Å²) in [7, 11) is 0. The maximum Gasteiger partial charge on any atom is 0.0973 e. The molecule has 0 atom stereocenters. The molecular weight excluding hydrogens is 655 g/mol. The van der Waals surface area contributed by atoms with Crippen molar-refractivity contribution in [1.82, 2.24) is 9.97 Å². The number of aromatic nitrogens is 2. The predicted octanol–water partition coefficient (Wildman–Crippen LogP) is 12.8.